The van der Waals surface area contributed by atoms with Crippen molar-refractivity contribution in [1.82, 2.24) is 9.55 Å². The van der Waals surface area contributed by atoms with Crippen LogP contribution in [0, 0.1) is 0 Å². The molecular formula is C28H28N2O5. The standard InChI is InChI=1S/C28H28N2O5/c1-3-5-10-26-29-23-16-15-21(27(31)34-4-2)17-24(23)30(26)18-19-11-13-20(14-12-19)22-8-6-7-9-25(22)35-28(32)33/h6-9,11-17H,3-5,10,18H2,1-2H3,(H,32,33). The molecule has 0 fully saturated rings. The Morgan fingerprint density at radius 2 is 1.77 bits per heavy atom. The van der Waals surface area contributed by atoms with Gasteiger partial charge in [0.2, 0.25) is 0 Å². The summed E-state index contributed by atoms with van der Waals surface area (Å²) in [6.45, 7) is 4.86. The fraction of sp³-hybridized carbons (Fsp3) is 0.250. The first kappa shape index (κ1) is 24.0. The molecule has 3 aromatic carbocycles. The van der Waals surface area contributed by atoms with Gasteiger partial charge in [0.25, 0.3) is 0 Å². The second-order valence-corrected chi connectivity index (χ2v) is 8.20. The lowest BCUT2D eigenvalue weighted by Gasteiger charge is -2.12. The SMILES string of the molecule is CCCCc1nc2ccc(C(=O)OCC)cc2n1Cc1ccc(-c2ccccc2OC(=O)O)cc1. The lowest BCUT2D eigenvalue weighted by Crippen LogP contribution is -2.07. The number of aromatic nitrogens is 2. The summed E-state index contributed by atoms with van der Waals surface area (Å²) in [5, 5.41) is 9.02. The van der Waals surface area contributed by atoms with E-state index in [9.17, 15) is 9.59 Å². The number of ether oxygens (including phenoxy) is 2. The maximum absolute atomic E-state index is 12.3. The van der Waals surface area contributed by atoms with Gasteiger partial charge in [0, 0.05) is 18.5 Å². The Morgan fingerprint density at radius 3 is 2.49 bits per heavy atom. The summed E-state index contributed by atoms with van der Waals surface area (Å²) in [6, 6.07) is 20.5. The Labute approximate surface area is 203 Å². The Balaban J connectivity index is 1.67. The normalized spacial score (nSPS) is 10.9. The number of benzene rings is 3. The van der Waals surface area contributed by atoms with E-state index < -0.39 is 6.16 Å². The molecule has 1 heterocycles. The molecule has 7 nitrogen and oxygen atoms in total. The van der Waals surface area contributed by atoms with Crippen molar-refractivity contribution in [2.75, 3.05) is 6.61 Å². The zero-order valence-corrected chi connectivity index (χ0v) is 19.9. The summed E-state index contributed by atoms with van der Waals surface area (Å²) < 4.78 is 12.3. The minimum atomic E-state index is -1.34. The summed E-state index contributed by atoms with van der Waals surface area (Å²) >= 11 is 0. The van der Waals surface area contributed by atoms with Crippen LogP contribution in [0.25, 0.3) is 22.2 Å². The largest absolute Gasteiger partial charge is 0.511 e. The molecule has 0 bridgehead atoms. The Bertz CT molecular complexity index is 1340. The predicted molar refractivity (Wildman–Crippen MR) is 134 cm³/mol. The van der Waals surface area contributed by atoms with E-state index in [1.165, 1.54) is 0 Å². The van der Waals surface area contributed by atoms with E-state index in [4.69, 9.17) is 19.6 Å². The molecule has 4 aromatic rings. The summed E-state index contributed by atoms with van der Waals surface area (Å²) in [4.78, 5) is 28.2. The van der Waals surface area contributed by atoms with E-state index in [0.717, 1.165) is 47.2 Å². The van der Waals surface area contributed by atoms with Crippen molar-refractivity contribution in [2.24, 2.45) is 0 Å². The highest BCUT2D eigenvalue weighted by Gasteiger charge is 2.15. The van der Waals surface area contributed by atoms with E-state index >= 15 is 0 Å². The van der Waals surface area contributed by atoms with Gasteiger partial charge in [-0.15, -0.1) is 0 Å². The molecule has 0 amide bonds. The van der Waals surface area contributed by atoms with Gasteiger partial charge in [-0.3, -0.25) is 0 Å². The third-order valence-corrected chi connectivity index (χ3v) is 5.78. The Kier molecular flexibility index (Phi) is 7.45. The minimum absolute atomic E-state index is 0.293. The van der Waals surface area contributed by atoms with Gasteiger partial charge in [-0.2, -0.15) is 0 Å². The van der Waals surface area contributed by atoms with Crippen LogP contribution >= 0.6 is 0 Å². The second kappa shape index (κ2) is 10.9. The number of fused-ring (bicyclic) bond motifs is 1. The molecule has 0 unspecified atom stereocenters. The fourth-order valence-electron chi connectivity index (χ4n) is 4.08. The highest BCUT2D eigenvalue weighted by Crippen LogP contribution is 2.30. The first-order chi connectivity index (χ1) is 17.0. The van der Waals surface area contributed by atoms with Crippen molar-refractivity contribution in [3.05, 3.63) is 83.7 Å². The van der Waals surface area contributed by atoms with Gasteiger partial charge in [0.15, 0.2) is 0 Å². The minimum Gasteiger partial charge on any atom is -0.462 e. The van der Waals surface area contributed by atoms with Crippen LogP contribution in [-0.4, -0.2) is 33.4 Å². The maximum Gasteiger partial charge on any atom is 0.511 e. The van der Waals surface area contributed by atoms with Crippen molar-refractivity contribution in [2.45, 2.75) is 39.7 Å². The highest BCUT2D eigenvalue weighted by atomic mass is 16.7. The molecule has 0 aliphatic rings. The number of aryl methyl sites for hydroxylation is 1. The van der Waals surface area contributed by atoms with Gasteiger partial charge < -0.3 is 19.1 Å². The van der Waals surface area contributed by atoms with Crippen molar-refractivity contribution in [3.8, 4) is 16.9 Å². The fourth-order valence-corrected chi connectivity index (χ4v) is 4.08. The zero-order chi connectivity index (χ0) is 24.8. The molecule has 1 aromatic heterocycles. The van der Waals surface area contributed by atoms with E-state index in [2.05, 4.69) is 11.5 Å². The van der Waals surface area contributed by atoms with Gasteiger partial charge in [0.1, 0.15) is 11.6 Å². The van der Waals surface area contributed by atoms with Crippen LogP contribution in [0.2, 0.25) is 0 Å². The number of hydrogen-bond donors (Lipinski definition) is 1. The van der Waals surface area contributed by atoms with Crippen LogP contribution in [0.5, 0.6) is 5.75 Å². The molecule has 0 radical (unpaired) electrons. The van der Waals surface area contributed by atoms with E-state index in [-0.39, 0.29) is 5.97 Å². The van der Waals surface area contributed by atoms with Gasteiger partial charge in [-0.1, -0.05) is 55.8 Å². The van der Waals surface area contributed by atoms with Crippen LogP contribution in [-0.2, 0) is 17.7 Å². The lowest BCUT2D eigenvalue weighted by atomic mass is 10.0. The molecule has 0 saturated heterocycles. The monoisotopic (exact) mass is 472 g/mol. The predicted octanol–water partition coefficient (Wildman–Crippen LogP) is 6.33. The summed E-state index contributed by atoms with van der Waals surface area (Å²) in [7, 11) is 0. The number of carbonyl (C=O) groups excluding carboxylic acids is 1. The topological polar surface area (TPSA) is 90.6 Å². The molecule has 1 N–H and O–H groups in total. The Morgan fingerprint density at radius 1 is 1.00 bits per heavy atom. The quantitative estimate of drug-likeness (QED) is 0.226. The van der Waals surface area contributed by atoms with Crippen LogP contribution in [0.1, 0.15) is 48.4 Å². The molecule has 7 heteroatoms. The van der Waals surface area contributed by atoms with Crippen molar-refractivity contribution < 1.29 is 24.2 Å². The molecule has 0 atom stereocenters. The van der Waals surface area contributed by atoms with E-state index in [1.54, 1.807) is 25.1 Å². The molecular weight excluding hydrogens is 444 g/mol. The van der Waals surface area contributed by atoms with Gasteiger partial charge in [-0.05, 0) is 48.7 Å². The number of imidazole rings is 1. The second-order valence-electron chi connectivity index (χ2n) is 8.20. The van der Waals surface area contributed by atoms with Crippen molar-refractivity contribution in [3.63, 3.8) is 0 Å². The lowest BCUT2D eigenvalue weighted by molar-refractivity contribution is 0.0526. The summed E-state index contributed by atoms with van der Waals surface area (Å²) in [6.07, 6.45) is 1.58. The van der Waals surface area contributed by atoms with Crippen LogP contribution in [0.4, 0.5) is 4.79 Å². The van der Waals surface area contributed by atoms with E-state index in [1.807, 2.05) is 48.5 Å². The molecule has 180 valence electrons. The zero-order valence-electron chi connectivity index (χ0n) is 19.9. The van der Waals surface area contributed by atoms with Crippen molar-refractivity contribution >= 4 is 23.2 Å². The van der Waals surface area contributed by atoms with Crippen molar-refractivity contribution in [1.29, 1.82) is 0 Å². The highest BCUT2D eigenvalue weighted by molar-refractivity contribution is 5.93. The van der Waals surface area contributed by atoms with Crippen LogP contribution in [0.15, 0.2) is 66.7 Å². The number of para-hydroxylation sites is 1. The summed E-state index contributed by atoms with van der Waals surface area (Å²) in [5.74, 6) is 0.928. The van der Waals surface area contributed by atoms with Gasteiger partial charge in [-0.25, -0.2) is 14.6 Å². The average molecular weight is 473 g/mol. The number of carbonyl (C=O) groups is 2. The number of hydrogen-bond acceptors (Lipinski definition) is 5. The van der Waals surface area contributed by atoms with Crippen LogP contribution < -0.4 is 4.74 Å². The van der Waals surface area contributed by atoms with Gasteiger partial charge >= 0.3 is 12.1 Å². The molecule has 4 rings (SSSR count). The average Bonchev–Trinajstić information content (AvgIpc) is 3.20. The molecule has 0 aliphatic carbocycles. The third-order valence-electron chi connectivity index (χ3n) is 5.78. The molecule has 0 spiro atoms. The third kappa shape index (κ3) is 5.51. The summed E-state index contributed by atoms with van der Waals surface area (Å²) in [5.41, 5.74) is 4.87. The molecule has 35 heavy (non-hydrogen) atoms. The van der Waals surface area contributed by atoms with Gasteiger partial charge in [0.05, 0.1) is 23.2 Å². The molecule has 0 saturated carbocycles. The number of esters is 1. The van der Waals surface area contributed by atoms with E-state index in [0.29, 0.717) is 30.0 Å². The number of nitrogens with zero attached hydrogens (tertiary/aromatic N) is 2. The number of rotatable bonds is 9. The Hall–Kier alpha value is -4.13. The smallest absolute Gasteiger partial charge is 0.462 e. The first-order valence-electron chi connectivity index (χ1n) is 11.8. The van der Waals surface area contributed by atoms with Crippen LogP contribution in [0.3, 0.4) is 0 Å². The number of unbranched alkanes of at least 4 members (excludes halogenated alkanes) is 1. The molecule has 0 aliphatic heterocycles. The maximum atomic E-state index is 12.3. The first-order valence-corrected chi connectivity index (χ1v) is 11.8. The number of carboxylic acid groups (broad SMARTS) is 1.